The van der Waals surface area contributed by atoms with Crippen LogP contribution in [0.2, 0.25) is 0 Å². The maximum Gasteiger partial charge on any atom is 0.228 e. The lowest BCUT2D eigenvalue weighted by Gasteiger charge is -2.31. The fourth-order valence-electron chi connectivity index (χ4n) is 4.18. The Morgan fingerprint density at radius 1 is 1.14 bits per heavy atom. The van der Waals surface area contributed by atoms with Crippen molar-refractivity contribution in [3.8, 4) is 0 Å². The van der Waals surface area contributed by atoms with Gasteiger partial charge in [-0.1, -0.05) is 18.2 Å². The molecule has 1 atom stereocenters. The van der Waals surface area contributed by atoms with Crippen LogP contribution < -0.4 is 5.32 Å². The smallest absolute Gasteiger partial charge is 0.228 e. The molecule has 1 aromatic carbocycles. The molecule has 7 heteroatoms. The topological polar surface area (TPSA) is 55.1 Å². The molecule has 6 nitrogen and oxygen atoms in total. The van der Waals surface area contributed by atoms with Gasteiger partial charge in [-0.3, -0.25) is 9.69 Å². The number of likely N-dealkylation sites (tertiary alicyclic amines) is 1. The molecule has 1 saturated heterocycles. The van der Waals surface area contributed by atoms with Gasteiger partial charge >= 0.3 is 0 Å². The Labute approximate surface area is 170 Å². The third kappa shape index (κ3) is 3.78. The van der Waals surface area contributed by atoms with E-state index in [0.29, 0.717) is 18.6 Å². The van der Waals surface area contributed by atoms with E-state index in [2.05, 4.69) is 14.8 Å². The lowest BCUT2D eigenvalue weighted by Crippen LogP contribution is -2.41. The summed E-state index contributed by atoms with van der Waals surface area (Å²) in [5.41, 5.74) is 0.865. The van der Waals surface area contributed by atoms with E-state index in [1.54, 1.807) is 0 Å². The Kier molecular flexibility index (Phi) is 4.80. The van der Waals surface area contributed by atoms with E-state index >= 15 is 0 Å². The van der Waals surface area contributed by atoms with Crippen LogP contribution >= 0.6 is 12.2 Å². The minimum Gasteiger partial charge on any atom is -0.326 e. The van der Waals surface area contributed by atoms with Crippen LogP contribution in [0.25, 0.3) is 0 Å². The number of carbonyl (C=O) groups excluding carboxylic acids is 1. The van der Waals surface area contributed by atoms with Crippen molar-refractivity contribution in [1.29, 1.82) is 0 Å². The third-order valence-electron chi connectivity index (χ3n) is 6.00. The molecule has 3 aliphatic rings. The summed E-state index contributed by atoms with van der Waals surface area (Å²) < 4.78 is 5.18. The third-order valence-corrected chi connectivity index (χ3v) is 6.41. The van der Waals surface area contributed by atoms with Crippen molar-refractivity contribution in [2.24, 2.45) is 5.92 Å². The average molecular weight is 398 g/mol. The first-order valence-corrected chi connectivity index (χ1v) is 10.9. The summed E-state index contributed by atoms with van der Waals surface area (Å²) in [6.07, 6.45) is 6.90. The second-order valence-electron chi connectivity index (χ2n) is 8.43. The Hall–Kier alpha value is -1.99. The molecule has 0 radical (unpaired) electrons. The lowest BCUT2D eigenvalue weighted by molar-refractivity contribution is -0.121. The van der Waals surface area contributed by atoms with Gasteiger partial charge in [0.1, 0.15) is 5.82 Å². The van der Waals surface area contributed by atoms with Crippen LogP contribution in [-0.4, -0.2) is 38.2 Å². The second-order valence-corrected chi connectivity index (χ2v) is 8.79. The zero-order valence-corrected chi connectivity index (χ0v) is 16.9. The fourth-order valence-corrected chi connectivity index (χ4v) is 4.52. The van der Waals surface area contributed by atoms with E-state index in [0.717, 1.165) is 36.4 Å². The highest BCUT2D eigenvalue weighted by Gasteiger charge is 2.36. The van der Waals surface area contributed by atoms with Gasteiger partial charge in [0.05, 0.1) is 12.6 Å². The number of nitrogens with zero attached hydrogens (tertiary/aromatic N) is 4. The van der Waals surface area contributed by atoms with Gasteiger partial charge in [-0.25, -0.2) is 4.68 Å². The highest BCUT2D eigenvalue weighted by atomic mass is 32.1. The highest BCUT2D eigenvalue weighted by molar-refractivity contribution is 7.71. The number of para-hydroxylation sites is 1. The fraction of sp³-hybridized carbons (Fsp3) is 0.571. The van der Waals surface area contributed by atoms with E-state index in [1.807, 2.05) is 35.0 Å². The molecule has 148 valence electrons. The van der Waals surface area contributed by atoms with E-state index < -0.39 is 0 Å². The molecule has 0 bridgehead atoms. The molecule has 28 heavy (non-hydrogen) atoms. The Morgan fingerprint density at radius 3 is 2.64 bits per heavy atom. The van der Waals surface area contributed by atoms with Crippen molar-refractivity contribution in [3.63, 3.8) is 0 Å². The molecule has 0 spiro atoms. The molecule has 2 saturated carbocycles. The molecule has 2 aromatic rings. The Balaban J connectivity index is 1.26. The molecular weight excluding hydrogens is 370 g/mol. The molecule has 1 amide bonds. The van der Waals surface area contributed by atoms with Gasteiger partial charge in [0.25, 0.3) is 0 Å². The van der Waals surface area contributed by atoms with Gasteiger partial charge in [-0.05, 0) is 69.4 Å². The molecule has 2 heterocycles. The number of aromatic nitrogens is 3. The number of amides is 1. The maximum absolute atomic E-state index is 12.7. The number of hydrogen-bond donors (Lipinski definition) is 1. The minimum absolute atomic E-state index is 0.0107. The van der Waals surface area contributed by atoms with Crippen LogP contribution in [0.15, 0.2) is 30.3 Å². The first kappa shape index (κ1) is 18.1. The van der Waals surface area contributed by atoms with Gasteiger partial charge in [0, 0.05) is 24.2 Å². The van der Waals surface area contributed by atoms with E-state index in [4.69, 9.17) is 17.3 Å². The summed E-state index contributed by atoms with van der Waals surface area (Å²) in [6.45, 7) is 2.44. The van der Waals surface area contributed by atoms with Gasteiger partial charge in [0.2, 0.25) is 5.91 Å². The monoisotopic (exact) mass is 397 g/mol. The highest BCUT2D eigenvalue weighted by Crippen LogP contribution is 2.44. The quantitative estimate of drug-likeness (QED) is 0.751. The number of anilines is 1. The van der Waals surface area contributed by atoms with Crippen molar-refractivity contribution >= 4 is 23.8 Å². The number of benzene rings is 1. The lowest BCUT2D eigenvalue weighted by atomic mass is 9.97. The molecule has 3 fully saturated rings. The number of carbonyl (C=O) groups is 1. The first-order valence-electron chi connectivity index (χ1n) is 10.5. The number of piperidine rings is 1. The van der Waals surface area contributed by atoms with Gasteiger partial charge < -0.3 is 9.88 Å². The second kappa shape index (κ2) is 7.44. The summed E-state index contributed by atoms with van der Waals surface area (Å²) in [5, 5.41) is 7.95. The van der Waals surface area contributed by atoms with Crippen LogP contribution in [0.1, 0.15) is 56.3 Å². The van der Waals surface area contributed by atoms with Crippen LogP contribution in [0.5, 0.6) is 0 Å². The Morgan fingerprint density at radius 2 is 1.93 bits per heavy atom. The van der Waals surface area contributed by atoms with Crippen LogP contribution in [0.3, 0.4) is 0 Å². The zero-order valence-electron chi connectivity index (χ0n) is 16.1. The largest absolute Gasteiger partial charge is 0.326 e. The van der Waals surface area contributed by atoms with Gasteiger partial charge in [-0.2, -0.15) is 5.10 Å². The van der Waals surface area contributed by atoms with E-state index in [-0.39, 0.29) is 11.8 Å². The molecule has 1 aromatic heterocycles. The zero-order chi connectivity index (χ0) is 19.1. The molecule has 1 N–H and O–H groups in total. The summed E-state index contributed by atoms with van der Waals surface area (Å²) in [5.74, 6) is 1.93. The summed E-state index contributed by atoms with van der Waals surface area (Å²) in [7, 11) is 0. The van der Waals surface area contributed by atoms with Gasteiger partial charge in [0.15, 0.2) is 4.77 Å². The summed E-state index contributed by atoms with van der Waals surface area (Å²) in [4.78, 5) is 15.0. The summed E-state index contributed by atoms with van der Waals surface area (Å²) in [6, 6.07) is 10.3. The molecule has 1 aliphatic heterocycles. The van der Waals surface area contributed by atoms with Crippen molar-refractivity contribution in [2.75, 3.05) is 18.4 Å². The van der Waals surface area contributed by atoms with E-state index in [9.17, 15) is 4.79 Å². The minimum atomic E-state index is 0.0107. The first-order chi connectivity index (χ1) is 13.7. The predicted octanol–water partition coefficient (Wildman–Crippen LogP) is 3.93. The van der Waals surface area contributed by atoms with Crippen LogP contribution in [-0.2, 0) is 11.5 Å². The predicted molar refractivity (Wildman–Crippen MR) is 111 cm³/mol. The van der Waals surface area contributed by atoms with Crippen LogP contribution in [0.4, 0.5) is 5.69 Å². The summed E-state index contributed by atoms with van der Waals surface area (Å²) >= 11 is 5.77. The van der Waals surface area contributed by atoms with Crippen molar-refractivity contribution in [1.82, 2.24) is 19.2 Å². The maximum atomic E-state index is 12.7. The van der Waals surface area contributed by atoms with Gasteiger partial charge in [-0.15, -0.1) is 0 Å². The van der Waals surface area contributed by atoms with Crippen molar-refractivity contribution in [2.45, 2.75) is 57.2 Å². The van der Waals surface area contributed by atoms with Crippen LogP contribution in [0, 0.1) is 10.7 Å². The average Bonchev–Trinajstić information content (AvgIpc) is 3.62. The Bertz CT molecular complexity index is 913. The van der Waals surface area contributed by atoms with Crippen molar-refractivity contribution < 1.29 is 4.79 Å². The number of rotatable bonds is 6. The number of hydrogen-bond acceptors (Lipinski definition) is 4. The standard InChI is InChI=1S/C21H27N5OS/c27-20(22-17-6-2-1-3-7-17)16-5-4-12-24(13-16)14-25-21(28)26(18-10-11-18)19(23-25)15-8-9-15/h1-3,6-7,15-16,18H,4-5,8-14H2,(H,22,27)/t16-/m1/s1. The van der Waals surface area contributed by atoms with Crippen molar-refractivity contribution in [3.05, 3.63) is 40.9 Å². The normalized spacial score (nSPS) is 22.9. The SMILES string of the molecule is O=C(Nc1ccccc1)[C@@H]1CCCN(Cn2nc(C3CC3)n(C3CC3)c2=S)C1. The molecular formula is C21H27N5OS. The molecule has 5 rings (SSSR count). The molecule has 2 aliphatic carbocycles. The molecule has 0 unspecified atom stereocenters. The van der Waals surface area contributed by atoms with E-state index in [1.165, 1.54) is 31.5 Å². The number of nitrogens with one attached hydrogen (secondary N) is 1.